The lowest BCUT2D eigenvalue weighted by Crippen LogP contribution is -2.23. The van der Waals surface area contributed by atoms with Crippen molar-refractivity contribution in [3.63, 3.8) is 0 Å². The average Bonchev–Trinajstić information content (AvgIpc) is 2.26. The summed E-state index contributed by atoms with van der Waals surface area (Å²) in [7, 11) is 0. The lowest BCUT2D eigenvalue weighted by atomic mass is 10.0. The Morgan fingerprint density at radius 1 is 1.20 bits per heavy atom. The lowest BCUT2D eigenvalue weighted by molar-refractivity contribution is 0.859. The summed E-state index contributed by atoms with van der Waals surface area (Å²) < 4.78 is 0. The second-order valence-corrected chi connectivity index (χ2v) is 3.82. The molecule has 0 aromatic heterocycles. The van der Waals surface area contributed by atoms with Gasteiger partial charge in [0.1, 0.15) is 0 Å². The molecule has 0 saturated heterocycles. The largest absolute Gasteiger partial charge is 0.371 e. The van der Waals surface area contributed by atoms with Gasteiger partial charge < -0.3 is 4.90 Å². The average molecular weight is 203 g/mol. The Bertz CT molecular complexity index is 349. The van der Waals surface area contributed by atoms with Crippen LogP contribution in [0.1, 0.15) is 30.5 Å². The van der Waals surface area contributed by atoms with Gasteiger partial charge in [-0.15, -0.1) is 0 Å². The van der Waals surface area contributed by atoms with Crippen molar-refractivity contribution in [2.75, 3.05) is 18.0 Å². The van der Waals surface area contributed by atoms with Crippen LogP contribution in [-0.4, -0.2) is 13.1 Å². The summed E-state index contributed by atoms with van der Waals surface area (Å²) in [6.45, 7) is 14.7. The fourth-order valence-electron chi connectivity index (χ4n) is 1.95. The zero-order valence-corrected chi connectivity index (χ0v) is 10.3. The maximum absolute atomic E-state index is 3.89. The molecule has 0 N–H and O–H groups in total. The van der Waals surface area contributed by atoms with Gasteiger partial charge in [0.2, 0.25) is 0 Å². The van der Waals surface area contributed by atoms with Crippen molar-refractivity contribution in [2.45, 2.75) is 27.7 Å². The van der Waals surface area contributed by atoms with Crippen LogP contribution in [0.15, 0.2) is 18.7 Å². The van der Waals surface area contributed by atoms with Gasteiger partial charge in [-0.1, -0.05) is 24.8 Å². The van der Waals surface area contributed by atoms with E-state index < -0.39 is 0 Å². The highest BCUT2D eigenvalue weighted by molar-refractivity contribution is 5.71. The quantitative estimate of drug-likeness (QED) is 0.719. The van der Waals surface area contributed by atoms with Crippen LogP contribution in [0.4, 0.5) is 5.69 Å². The van der Waals surface area contributed by atoms with E-state index in [1.54, 1.807) is 0 Å². The van der Waals surface area contributed by atoms with E-state index in [9.17, 15) is 0 Å². The Morgan fingerprint density at radius 3 is 2.27 bits per heavy atom. The second kappa shape index (κ2) is 5.01. The molecule has 0 heterocycles. The Kier molecular flexibility index (Phi) is 3.96. The molecule has 0 radical (unpaired) electrons. The predicted molar refractivity (Wildman–Crippen MR) is 69.6 cm³/mol. The Hall–Kier alpha value is -1.24. The minimum Gasteiger partial charge on any atom is -0.371 e. The first kappa shape index (κ1) is 11.8. The summed E-state index contributed by atoms with van der Waals surface area (Å²) in [5, 5.41) is 0. The number of nitrogens with zero attached hydrogens (tertiary/aromatic N) is 1. The number of rotatable bonds is 4. The SMILES string of the molecule is C=Cc1ccc(C)c(C)c1N(CC)CC. The third-order valence-electron chi connectivity index (χ3n) is 3.03. The van der Waals surface area contributed by atoms with Crippen molar-refractivity contribution in [1.29, 1.82) is 0 Å². The molecule has 82 valence electrons. The van der Waals surface area contributed by atoms with Crippen molar-refractivity contribution in [3.05, 3.63) is 35.4 Å². The minimum atomic E-state index is 1.04. The summed E-state index contributed by atoms with van der Waals surface area (Å²) in [4.78, 5) is 2.39. The maximum atomic E-state index is 3.89. The fourth-order valence-corrected chi connectivity index (χ4v) is 1.95. The molecule has 0 unspecified atom stereocenters. The molecule has 0 amide bonds. The van der Waals surface area contributed by atoms with Gasteiger partial charge in [-0.3, -0.25) is 0 Å². The van der Waals surface area contributed by atoms with E-state index in [-0.39, 0.29) is 0 Å². The number of anilines is 1. The zero-order valence-electron chi connectivity index (χ0n) is 10.3. The van der Waals surface area contributed by atoms with Crippen molar-refractivity contribution < 1.29 is 0 Å². The Labute approximate surface area is 93.4 Å². The van der Waals surface area contributed by atoms with Gasteiger partial charge in [0.25, 0.3) is 0 Å². The van der Waals surface area contributed by atoms with E-state index >= 15 is 0 Å². The highest BCUT2D eigenvalue weighted by atomic mass is 15.1. The molecule has 0 saturated carbocycles. The first-order chi connectivity index (χ1) is 7.15. The van der Waals surface area contributed by atoms with E-state index in [0.29, 0.717) is 0 Å². The highest BCUT2D eigenvalue weighted by Gasteiger charge is 2.10. The van der Waals surface area contributed by atoms with E-state index in [1.165, 1.54) is 22.4 Å². The third kappa shape index (κ3) is 2.23. The molecule has 0 aliphatic carbocycles. The monoisotopic (exact) mass is 203 g/mol. The van der Waals surface area contributed by atoms with Crippen LogP contribution in [0.25, 0.3) is 6.08 Å². The summed E-state index contributed by atoms with van der Waals surface area (Å²) in [6, 6.07) is 4.32. The van der Waals surface area contributed by atoms with E-state index in [4.69, 9.17) is 0 Å². The molecule has 1 aromatic carbocycles. The Morgan fingerprint density at radius 2 is 1.80 bits per heavy atom. The van der Waals surface area contributed by atoms with Gasteiger partial charge in [0, 0.05) is 18.8 Å². The Balaban J connectivity index is 3.34. The normalized spacial score (nSPS) is 10.1. The number of benzene rings is 1. The number of aryl methyl sites for hydroxylation is 1. The van der Waals surface area contributed by atoms with Crippen LogP contribution in [0.2, 0.25) is 0 Å². The molecule has 15 heavy (non-hydrogen) atoms. The number of hydrogen-bond donors (Lipinski definition) is 0. The van der Waals surface area contributed by atoms with Crippen LogP contribution in [0, 0.1) is 13.8 Å². The molecule has 1 aromatic rings. The zero-order chi connectivity index (χ0) is 11.4. The summed E-state index contributed by atoms with van der Waals surface area (Å²) in [5.74, 6) is 0. The maximum Gasteiger partial charge on any atom is 0.0471 e. The van der Waals surface area contributed by atoms with E-state index in [1.807, 2.05) is 6.08 Å². The standard InChI is InChI=1S/C14H21N/c1-6-13-10-9-11(4)12(5)14(13)15(7-2)8-3/h6,9-10H,1,7-8H2,2-5H3. The highest BCUT2D eigenvalue weighted by Crippen LogP contribution is 2.28. The first-order valence-corrected chi connectivity index (χ1v) is 5.63. The molecule has 0 spiro atoms. The predicted octanol–water partition coefficient (Wildman–Crippen LogP) is 3.79. The van der Waals surface area contributed by atoms with Crippen LogP contribution < -0.4 is 4.90 Å². The molecule has 0 fully saturated rings. The van der Waals surface area contributed by atoms with Gasteiger partial charge in [-0.25, -0.2) is 0 Å². The molecule has 0 bridgehead atoms. The molecular formula is C14H21N. The van der Waals surface area contributed by atoms with E-state index in [0.717, 1.165) is 13.1 Å². The molecule has 1 heteroatoms. The molecule has 1 nitrogen and oxygen atoms in total. The fraction of sp³-hybridized carbons (Fsp3) is 0.429. The summed E-state index contributed by atoms with van der Waals surface area (Å²) in [5.41, 5.74) is 5.30. The lowest BCUT2D eigenvalue weighted by Gasteiger charge is -2.26. The number of hydrogen-bond acceptors (Lipinski definition) is 1. The van der Waals surface area contributed by atoms with Gasteiger partial charge >= 0.3 is 0 Å². The smallest absolute Gasteiger partial charge is 0.0471 e. The molecule has 0 aliphatic heterocycles. The topological polar surface area (TPSA) is 3.24 Å². The van der Waals surface area contributed by atoms with Crippen LogP contribution in [0.5, 0.6) is 0 Å². The van der Waals surface area contributed by atoms with Gasteiger partial charge in [0.05, 0.1) is 0 Å². The van der Waals surface area contributed by atoms with Crippen molar-refractivity contribution in [2.24, 2.45) is 0 Å². The minimum absolute atomic E-state index is 1.04. The molecule has 0 atom stereocenters. The third-order valence-corrected chi connectivity index (χ3v) is 3.03. The van der Waals surface area contributed by atoms with Crippen LogP contribution >= 0.6 is 0 Å². The van der Waals surface area contributed by atoms with Crippen molar-refractivity contribution in [3.8, 4) is 0 Å². The van der Waals surface area contributed by atoms with Gasteiger partial charge in [-0.2, -0.15) is 0 Å². The first-order valence-electron chi connectivity index (χ1n) is 5.63. The van der Waals surface area contributed by atoms with Crippen LogP contribution in [-0.2, 0) is 0 Å². The second-order valence-electron chi connectivity index (χ2n) is 3.82. The van der Waals surface area contributed by atoms with Gasteiger partial charge in [-0.05, 0) is 44.4 Å². The van der Waals surface area contributed by atoms with Crippen molar-refractivity contribution in [1.82, 2.24) is 0 Å². The van der Waals surface area contributed by atoms with Crippen molar-refractivity contribution >= 4 is 11.8 Å². The van der Waals surface area contributed by atoms with E-state index in [2.05, 4.69) is 51.3 Å². The molecule has 1 rings (SSSR count). The van der Waals surface area contributed by atoms with Gasteiger partial charge in [0.15, 0.2) is 0 Å². The summed E-state index contributed by atoms with van der Waals surface area (Å²) in [6.07, 6.45) is 1.94. The molecule has 0 aliphatic rings. The summed E-state index contributed by atoms with van der Waals surface area (Å²) >= 11 is 0. The molecular weight excluding hydrogens is 182 g/mol. The van der Waals surface area contributed by atoms with Crippen LogP contribution in [0.3, 0.4) is 0 Å².